The average Bonchev–Trinajstić information content (AvgIpc) is 2.49. The fourth-order valence-electron chi connectivity index (χ4n) is 2.33. The van der Waals surface area contributed by atoms with Gasteiger partial charge in [0.05, 0.1) is 5.69 Å². The van der Waals surface area contributed by atoms with E-state index in [0.717, 1.165) is 22.0 Å². The number of primary amides is 1. The summed E-state index contributed by atoms with van der Waals surface area (Å²) in [7, 11) is 0. The van der Waals surface area contributed by atoms with Crippen LogP contribution in [0.3, 0.4) is 0 Å². The summed E-state index contributed by atoms with van der Waals surface area (Å²) in [6.45, 7) is 0. The molecule has 21 heavy (non-hydrogen) atoms. The van der Waals surface area contributed by atoms with E-state index in [2.05, 4.69) is 51.8 Å². The maximum absolute atomic E-state index is 11.5. The molecule has 1 aromatic heterocycles. The van der Waals surface area contributed by atoms with Crippen molar-refractivity contribution in [1.29, 1.82) is 0 Å². The van der Waals surface area contributed by atoms with Gasteiger partial charge >= 0.3 is 0 Å². The number of halogens is 1. The lowest BCUT2D eigenvalue weighted by atomic mass is 10.0. The Hall–Kier alpha value is -1.95. The first-order chi connectivity index (χ1) is 10.1. The van der Waals surface area contributed by atoms with Crippen molar-refractivity contribution in [2.24, 2.45) is 5.73 Å². The molecular formula is C17H13IN2O. The van der Waals surface area contributed by atoms with Gasteiger partial charge in [-0.25, -0.2) is 4.98 Å². The summed E-state index contributed by atoms with van der Waals surface area (Å²) in [6.07, 6.45) is 0.679. The van der Waals surface area contributed by atoms with Crippen LogP contribution in [0.15, 0.2) is 54.6 Å². The van der Waals surface area contributed by atoms with E-state index in [0.29, 0.717) is 12.1 Å². The van der Waals surface area contributed by atoms with Crippen molar-refractivity contribution in [2.75, 3.05) is 0 Å². The number of nitrogens with zero attached hydrogens (tertiary/aromatic N) is 1. The van der Waals surface area contributed by atoms with Gasteiger partial charge in [-0.3, -0.25) is 4.79 Å². The summed E-state index contributed by atoms with van der Waals surface area (Å²) in [5.74, 6) is -0.496. The first-order valence-electron chi connectivity index (χ1n) is 6.56. The van der Waals surface area contributed by atoms with Gasteiger partial charge in [-0.2, -0.15) is 0 Å². The molecule has 0 spiro atoms. The lowest BCUT2D eigenvalue weighted by molar-refractivity contribution is 0.0995. The van der Waals surface area contributed by atoms with Crippen LogP contribution in [0.4, 0.5) is 0 Å². The van der Waals surface area contributed by atoms with Crippen molar-refractivity contribution in [3.63, 3.8) is 0 Å². The zero-order chi connectivity index (χ0) is 14.8. The number of amides is 1. The molecule has 0 saturated carbocycles. The van der Waals surface area contributed by atoms with Crippen molar-refractivity contribution >= 4 is 39.3 Å². The minimum Gasteiger partial charge on any atom is -0.364 e. The highest BCUT2D eigenvalue weighted by molar-refractivity contribution is 14.1. The molecule has 4 heteroatoms. The average molecular weight is 388 g/mol. The molecule has 0 aliphatic rings. The molecule has 1 amide bonds. The molecule has 0 saturated heterocycles. The Morgan fingerprint density at radius 3 is 2.52 bits per heavy atom. The SMILES string of the molecule is NC(=O)c1cc2ccccc2c(Cc2ccc(I)cc2)n1. The van der Waals surface area contributed by atoms with Crippen molar-refractivity contribution in [3.8, 4) is 0 Å². The highest BCUT2D eigenvalue weighted by atomic mass is 127. The second-order valence-corrected chi connectivity index (χ2v) is 6.09. The molecule has 2 N–H and O–H groups in total. The maximum Gasteiger partial charge on any atom is 0.267 e. The van der Waals surface area contributed by atoms with Crippen LogP contribution in [-0.4, -0.2) is 10.9 Å². The number of carbonyl (C=O) groups is 1. The summed E-state index contributed by atoms with van der Waals surface area (Å²) in [5.41, 5.74) is 7.74. The van der Waals surface area contributed by atoms with Gasteiger partial charge in [0.15, 0.2) is 0 Å². The van der Waals surface area contributed by atoms with Crippen molar-refractivity contribution in [1.82, 2.24) is 4.98 Å². The van der Waals surface area contributed by atoms with Gasteiger partial charge in [-0.05, 0) is 51.7 Å². The monoisotopic (exact) mass is 388 g/mol. The zero-order valence-corrected chi connectivity index (χ0v) is 13.4. The second kappa shape index (κ2) is 5.81. The van der Waals surface area contributed by atoms with E-state index in [-0.39, 0.29) is 0 Å². The van der Waals surface area contributed by atoms with E-state index in [1.807, 2.05) is 24.3 Å². The summed E-state index contributed by atoms with van der Waals surface area (Å²) in [4.78, 5) is 15.9. The first-order valence-corrected chi connectivity index (χ1v) is 7.64. The number of nitrogens with two attached hydrogens (primary N) is 1. The van der Waals surface area contributed by atoms with Crippen LogP contribution >= 0.6 is 22.6 Å². The predicted octanol–water partition coefficient (Wildman–Crippen LogP) is 3.53. The number of benzene rings is 2. The molecule has 2 aromatic carbocycles. The first kappa shape index (κ1) is 14.0. The number of hydrogen-bond acceptors (Lipinski definition) is 2. The van der Waals surface area contributed by atoms with Crippen LogP contribution in [0.25, 0.3) is 10.8 Å². The zero-order valence-electron chi connectivity index (χ0n) is 11.2. The molecule has 104 valence electrons. The van der Waals surface area contributed by atoms with Gasteiger partial charge in [0.25, 0.3) is 5.91 Å². The lowest BCUT2D eigenvalue weighted by Crippen LogP contribution is -2.14. The molecule has 1 heterocycles. The van der Waals surface area contributed by atoms with Crippen molar-refractivity contribution in [2.45, 2.75) is 6.42 Å². The third-order valence-corrected chi connectivity index (χ3v) is 4.08. The summed E-state index contributed by atoms with van der Waals surface area (Å²) in [6, 6.07) is 18.0. The van der Waals surface area contributed by atoms with E-state index in [4.69, 9.17) is 5.73 Å². The number of hydrogen-bond donors (Lipinski definition) is 1. The molecule has 3 aromatic rings. The molecular weight excluding hydrogens is 375 g/mol. The van der Waals surface area contributed by atoms with E-state index in [1.165, 1.54) is 3.57 Å². The number of rotatable bonds is 3. The Labute approximate surface area is 136 Å². The minimum atomic E-state index is -0.496. The Kier molecular flexibility index (Phi) is 3.88. The predicted molar refractivity (Wildman–Crippen MR) is 92.2 cm³/mol. The smallest absolute Gasteiger partial charge is 0.267 e. The van der Waals surface area contributed by atoms with Crippen molar-refractivity contribution in [3.05, 3.63) is 75.1 Å². The van der Waals surface area contributed by atoms with Crippen LogP contribution in [0.5, 0.6) is 0 Å². The highest BCUT2D eigenvalue weighted by Crippen LogP contribution is 2.21. The van der Waals surface area contributed by atoms with Crippen LogP contribution in [0, 0.1) is 3.57 Å². The standard InChI is InChI=1S/C17H13IN2O/c18-13-7-5-11(6-8-13)9-15-14-4-2-1-3-12(14)10-16(20-15)17(19)21/h1-8,10H,9H2,(H2,19,21). The Balaban J connectivity index is 2.11. The summed E-state index contributed by atoms with van der Waals surface area (Å²) in [5, 5.41) is 2.04. The molecule has 0 aliphatic carbocycles. The molecule has 0 radical (unpaired) electrons. The molecule has 0 fully saturated rings. The van der Waals surface area contributed by atoms with E-state index >= 15 is 0 Å². The van der Waals surface area contributed by atoms with Gasteiger partial charge in [0.1, 0.15) is 5.69 Å². The maximum atomic E-state index is 11.5. The molecule has 0 unspecified atom stereocenters. The highest BCUT2D eigenvalue weighted by Gasteiger charge is 2.10. The Morgan fingerprint density at radius 1 is 1.10 bits per heavy atom. The van der Waals surface area contributed by atoms with Gasteiger partial charge in [0, 0.05) is 15.4 Å². The Morgan fingerprint density at radius 2 is 1.81 bits per heavy atom. The van der Waals surface area contributed by atoms with E-state index in [9.17, 15) is 4.79 Å². The van der Waals surface area contributed by atoms with Crippen molar-refractivity contribution < 1.29 is 4.79 Å². The van der Waals surface area contributed by atoms with Crippen LogP contribution in [0.1, 0.15) is 21.7 Å². The summed E-state index contributed by atoms with van der Waals surface area (Å²) >= 11 is 2.28. The molecule has 3 rings (SSSR count). The molecule has 0 atom stereocenters. The Bertz CT molecular complexity index is 813. The lowest BCUT2D eigenvalue weighted by Gasteiger charge is -2.08. The molecule has 0 bridgehead atoms. The molecule has 0 aliphatic heterocycles. The van der Waals surface area contributed by atoms with Gasteiger partial charge in [-0.1, -0.05) is 36.4 Å². The molecule has 3 nitrogen and oxygen atoms in total. The number of pyridine rings is 1. The fourth-order valence-corrected chi connectivity index (χ4v) is 2.69. The van der Waals surface area contributed by atoms with Gasteiger partial charge < -0.3 is 5.73 Å². The normalized spacial score (nSPS) is 10.7. The van der Waals surface area contributed by atoms with Gasteiger partial charge in [-0.15, -0.1) is 0 Å². The topological polar surface area (TPSA) is 56.0 Å². The third-order valence-electron chi connectivity index (χ3n) is 3.36. The summed E-state index contributed by atoms with van der Waals surface area (Å²) < 4.78 is 1.19. The quantitative estimate of drug-likeness (QED) is 0.698. The van der Waals surface area contributed by atoms with E-state index in [1.54, 1.807) is 6.07 Å². The minimum absolute atomic E-state index is 0.314. The van der Waals surface area contributed by atoms with Crippen LogP contribution in [0.2, 0.25) is 0 Å². The number of carbonyl (C=O) groups excluding carboxylic acids is 1. The van der Waals surface area contributed by atoms with E-state index < -0.39 is 5.91 Å². The number of fused-ring (bicyclic) bond motifs is 1. The van der Waals surface area contributed by atoms with Crippen LogP contribution < -0.4 is 5.73 Å². The third kappa shape index (κ3) is 3.05. The van der Waals surface area contributed by atoms with Crippen LogP contribution in [-0.2, 0) is 6.42 Å². The van der Waals surface area contributed by atoms with Gasteiger partial charge in [0.2, 0.25) is 0 Å². The fraction of sp³-hybridized carbons (Fsp3) is 0.0588. The largest absolute Gasteiger partial charge is 0.364 e. The second-order valence-electron chi connectivity index (χ2n) is 4.84. The number of aromatic nitrogens is 1.